The highest BCUT2D eigenvalue weighted by Gasteiger charge is 2.25. The number of piperidine rings is 1. The van der Waals surface area contributed by atoms with Crippen LogP contribution >= 0.6 is 0 Å². The molecule has 0 bridgehead atoms. The van der Waals surface area contributed by atoms with E-state index in [1.807, 2.05) is 24.7 Å². The van der Waals surface area contributed by atoms with Crippen LogP contribution in [0.1, 0.15) is 38.3 Å². The number of ether oxygens (including phenoxy) is 1. The van der Waals surface area contributed by atoms with Crippen LogP contribution in [0.2, 0.25) is 0 Å². The Labute approximate surface area is 113 Å². The van der Waals surface area contributed by atoms with Crippen molar-refractivity contribution in [2.45, 2.75) is 45.4 Å². The molecule has 0 saturated carbocycles. The van der Waals surface area contributed by atoms with Gasteiger partial charge in [0.05, 0.1) is 18.3 Å². The summed E-state index contributed by atoms with van der Waals surface area (Å²) in [7, 11) is 0. The predicted molar refractivity (Wildman–Crippen MR) is 71.6 cm³/mol. The van der Waals surface area contributed by atoms with E-state index in [1.165, 1.54) is 0 Å². The quantitative estimate of drug-likeness (QED) is 0.900. The molecule has 1 fully saturated rings. The van der Waals surface area contributed by atoms with E-state index in [9.17, 15) is 4.79 Å². The first-order chi connectivity index (χ1) is 9.10. The number of rotatable bonds is 3. The van der Waals surface area contributed by atoms with Gasteiger partial charge in [-0.2, -0.15) is 5.10 Å². The maximum Gasteiger partial charge on any atom is 0.410 e. The van der Waals surface area contributed by atoms with Crippen molar-refractivity contribution in [2.24, 2.45) is 5.73 Å². The average Bonchev–Trinajstić information content (AvgIpc) is 2.87. The van der Waals surface area contributed by atoms with Gasteiger partial charge in [0, 0.05) is 31.4 Å². The monoisotopic (exact) mass is 266 g/mol. The summed E-state index contributed by atoms with van der Waals surface area (Å²) in [6, 6.07) is 0.350. The Bertz CT molecular complexity index is 422. The first-order valence-corrected chi connectivity index (χ1v) is 6.78. The van der Waals surface area contributed by atoms with E-state index in [-0.39, 0.29) is 12.2 Å². The molecule has 2 rings (SSSR count). The van der Waals surface area contributed by atoms with E-state index in [4.69, 9.17) is 10.5 Å². The third-order valence-corrected chi connectivity index (χ3v) is 3.32. The molecule has 1 aliphatic heterocycles. The summed E-state index contributed by atoms with van der Waals surface area (Å²) in [6.45, 7) is 5.67. The molecule has 0 unspecified atom stereocenters. The van der Waals surface area contributed by atoms with Crippen molar-refractivity contribution in [1.82, 2.24) is 14.7 Å². The lowest BCUT2D eigenvalue weighted by molar-refractivity contribution is 0.0653. The molecule has 1 aromatic heterocycles. The Morgan fingerprint density at radius 2 is 2.21 bits per heavy atom. The summed E-state index contributed by atoms with van der Waals surface area (Å²) in [5, 5.41) is 4.33. The Kier molecular flexibility index (Phi) is 4.42. The lowest BCUT2D eigenvalue weighted by atomic mass is 10.1. The molecule has 2 heterocycles. The highest BCUT2D eigenvalue weighted by molar-refractivity contribution is 5.67. The third kappa shape index (κ3) is 3.47. The van der Waals surface area contributed by atoms with Crippen molar-refractivity contribution in [2.75, 3.05) is 13.1 Å². The zero-order valence-electron chi connectivity index (χ0n) is 11.6. The predicted octanol–water partition coefficient (Wildman–Crippen LogP) is 1.52. The van der Waals surface area contributed by atoms with E-state index in [0.717, 1.165) is 18.4 Å². The van der Waals surface area contributed by atoms with Crippen molar-refractivity contribution in [3.05, 3.63) is 18.0 Å². The van der Waals surface area contributed by atoms with Gasteiger partial charge in [0.25, 0.3) is 0 Å². The molecule has 0 aliphatic carbocycles. The minimum absolute atomic E-state index is 0.0662. The second-order valence-electron chi connectivity index (χ2n) is 5.18. The van der Waals surface area contributed by atoms with Crippen LogP contribution < -0.4 is 5.73 Å². The molecule has 0 spiro atoms. The fourth-order valence-corrected chi connectivity index (χ4v) is 2.27. The van der Waals surface area contributed by atoms with Crippen LogP contribution in [-0.2, 0) is 11.3 Å². The van der Waals surface area contributed by atoms with Crippen molar-refractivity contribution < 1.29 is 9.53 Å². The highest BCUT2D eigenvalue weighted by Crippen LogP contribution is 2.22. The van der Waals surface area contributed by atoms with Gasteiger partial charge in [-0.25, -0.2) is 4.79 Å². The van der Waals surface area contributed by atoms with Crippen molar-refractivity contribution in [1.29, 1.82) is 0 Å². The first-order valence-electron chi connectivity index (χ1n) is 6.78. The topological polar surface area (TPSA) is 73.4 Å². The number of likely N-dealkylation sites (tertiary alicyclic amines) is 1. The van der Waals surface area contributed by atoms with Crippen LogP contribution in [0.3, 0.4) is 0 Å². The van der Waals surface area contributed by atoms with Crippen molar-refractivity contribution in [3.8, 4) is 0 Å². The smallest absolute Gasteiger partial charge is 0.410 e. The zero-order chi connectivity index (χ0) is 13.8. The van der Waals surface area contributed by atoms with Crippen molar-refractivity contribution >= 4 is 6.09 Å². The molecule has 0 atom stereocenters. The molecule has 6 heteroatoms. The summed E-state index contributed by atoms with van der Waals surface area (Å²) in [6.07, 6.45) is 5.32. The van der Waals surface area contributed by atoms with Crippen LogP contribution in [0.15, 0.2) is 12.4 Å². The summed E-state index contributed by atoms with van der Waals surface area (Å²) in [4.78, 5) is 13.5. The first kappa shape index (κ1) is 13.9. The second-order valence-corrected chi connectivity index (χ2v) is 5.18. The maximum atomic E-state index is 11.8. The molecule has 0 aromatic carbocycles. The normalized spacial score (nSPS) is 16.9. The molecule has 1 amide bonds. The average molecular weight is 266 g/mol. The van der Waals surface area contributed by atoms with Gasteiger partial charge < -0.3 is 15.4 Å². The van der Waals surface area contributed by atoms with Gasteiger partial charge >= 0.3 is 6.09 Å². The van der Waals surface area contributed by atoms with E-state index < -0.39 is 0 Å². The molecule has 19 heavy (non-hydrogen) atoms. The Hall–Kier alpha value is -1.56. The number of hydrogen-bond acceptors (Lipinski definition) is 4. The van der Waals surface area contributed by atoms with E-state index in [2.05, 4.69) is 5.10 Å². The molecular weight excluding hydrogens is 244 g/mol. The maximum absolute atomic E-state index is 11.8. The van der Waals surface area contributed by atoms with Crippen LogP contribution in [0.5, 0.6) is 0 Å². The standard InChI is InChI=1S/C13H22N4O2/c1-10(2)19-13(18)16-5-3-12(4-6-16)17-9-11(7-14)8-15-17/h8-10,12H,3-7,14H2,1-2H3. The molecule has 6 nitrogen and oxygen atoms in total. The van der Waals surface area contributed by atoms with Gasteiger partial charge in [-0.05, 0) is 26.7 Å². The van der Waals surface area contributed by atoms with Gasteiger partial charge in [0.2, 0.25) is 0 Å². The van der Waals surface area contributed by atoms with Crippen LogP contribution in [-0.4, -0.2) is 40.0 Å². The minimum atomic E-state index is -0.212. The second kappa shape index (κ2) is 6.06. The van der Waals surface area contributed by atoms with Gasteiger partial charge in [-0.1, -0.05) is 0 Å². The number of nitrogens with two attached hydrogens (primary N) is 1. The lowest BCUT2D eigenvalue weighted by Crippen LogP contribution is -2.40. The Morgan fingerprint density at radius 1 is 1.53 bits per heavy atom. The van der Waals surface area contributed by atoms with Crippen LogP contribution in [0.4, 0.5) is 4.79 Å². The number of carbonyl (C=O) groups is 1. The molecule has 2 N–H and O–H groups in total. The number of amides is 1. The lowest BCUT2D eigenvalue weighted by Gasteiger charge is -2.31. The summed E-state index contributed by atoms with van der Waals surface area (Å²) in [5.74, 6) is 0. The largest absolute Gasteiger partial charge is 0.447 e. The third-order valence-electron chi connectivity index (χ3n) is 3.32. The molecule has 1 aromatic rings. The zero-order valence-corrected chi connectivity index (χ0v) is 11.6. The Balaban J connectivity index is 1.86. The van der Waals surface area contributed by atoms with E-state index in [1.54, 1.807) is 11.1 Å². The fraction of sp³-hybridized carbons (Fsp3) is 0.692. The summed E-state index contributed by atoms with van der Waals surface area (Å²) >= 11 is 0. The number of nitrogens with zero attached hydrogens (tertiary/aromatic N) is 3. The highest BCUT2D eigenvalue weighted by atomic mass is 16.6. The molecular formula is C13H22N4O2. The fourth-order valence-electron chi connectivity index (χ4n) is 2.27. The van der Waals surface area contributed by atoms with Crippen molar-refractivity contribution in [3.63, 3.8) is 0 Å². The van der Waals surface area contributed by atoms with Gasteiger partial charge in [-0.15, -0.1) is 0 Å². The Morgan fingerprint density at radius 3 is 2.74 bits per heavy atom. The van der Waals surface area contributed by atoms with Gasteiger partial charge in [0.1, 0.15) is 0 Å². The minimum Gasteiger partial charge on any atom is -0.447 e. The molecule has 1 saturated heterocycles. The van der Waals surface area contributed by atoms with E-state index in [0.29, 0.717) is 25.7 Å². The number of carbonyl (C=O) groups excluding carboxylic acids is 1. The van der Waals surface area contributed by atoms with Crippen LogP contribution in [0.25, 0.3) is 0 Å². The molecule has 1 aliphatic rings. The van der Waals surface area contributed by atoms with Crippen LogP contribution in [0, 0.1) is 0 Å². The summed E-state index contributed by atoms with van der Waals surface area (Å²) in [5.41, 5.74) is 6.62. The van der Waals surface area contributed by atoms with E-state index >= 15 is 0 Å². The summed E-state index contributed by atoms with van der Waals surface area (Å²) < 4.78 is 7.17. The van der Waals surface area contributed by atoms with Gasteiger partial charge in [-0.3, -0.25) is 4.68 Å². The molecule has 0 radical (unpaired) electrons. The number of aromatic nitrogens is 2. The van der Waals surface area contributed by atoms with Gasteiger partial charge in [0.15, 0.2) is 0 Å². The number of hydrogen-bond donors (Lipinski definition) is 1. The SMILES string of the molecule is CC(C)OC(=O)N1CCC(n2cc(CN)cn2)CC1. The molecule has 106 valence electrons.